The lowest BCUT2D eigenvalue weighted by molar-refractivity contribution is 0.0386. The van der Waals surface area contributed by atoms with Gasteiger partial charge in [-0.25, -0.2) is 9.65 Å². The van der Waals surface area contributed by atoms with Gasteiger partial charge in [0.2, 0.25) is 0 Å². The van der Waals surface area contributed by atoms with Crippen molar-refractivity contribution in [2.45, 2.75) is 182 Å². The highest BCUT2D eigenvalue weighted by Gasteiger charge is 2.28. The maximum absolute atomic E-state index is 14.3. The number of nitrogens with zero attached hydrogens (tertiary/aromatic N) is 1. The number of nitrogens with one attached hydrogen (secondary N) is 1. The van der Waals surface area contributed by atoms with Crippen LogP contribution in [0.4, 0.5) is 0 Å². The van der Waals surface area contributed by atoms with Crippen molar-refractivity contribution in [1.29, 1.82) is 0 Å². The van der Waals surface area contributed by atoms with E-state index in [1.165, 1.54) is 154 Å². The van der Waals surface area contributed by atoms with Gasteiger partial charge in [-0.1, -0.05) is 156 Å². The SMILES string of the molecule is CCCCCCCCC(CCCCCC)COP(=O)(NCCN1CCOCC1)OCC(CCCCCC)CCCCCCCC. The molecule has 0 aromatic heterocycles. The average molecular weight is 659 g/mol. The summed E-state index contributed by atoms with van der Waals surface area (Å²) in [7, 11) is -3.40. The summed E-state index contributed by atoms with van der Waals surface area (Å²) in [4.78, 5) is 2.38. The molecule has 2 atom stereocenters. The second-order valence-electron chi connectivity index (χ2n) is 14.0. The van der Waals surface area contributed by atoms with Gasteiger partial charge in [-0.15, -0.1) is 0 Å². The van der Waals surface area contributed by atoms with Crippen molar-refractivity contribution in [3.8, 4) is 0 Å². The molecule has 1 rings (SSSR count). The first-order chi connectivity index (χ1) is 22.1. The van der Waals surface area contributed by atoms with Gasteiger partial charge in [0.25, 0.3) is 0 Å². The fraction of sp³-hybridized carbons (Fsp3) is 1.00. The summed E-state index contributed by atoms with van der Waals surface area (Å²) < 4.78 is 32.6. The van der Waals surface area contributed by atoms with Crippen LogP contribution in [0.25, 0.3) is 0 Å². The Morgan fingerprint density at radius 2 is 0.933 bits per heavy atom. The van der Waals surface area contributed by atoms with Gasteiger partial charge >= 0.3 is 7.75 Å². The number of ether oxygens (including phenoxy) is 1. The van der Waals surface area contributed by atoms with Crippen LogP contribution >= 0.6 is 7.75 Å². The molecular weight excluding hydrogens is 579 g/mol. The summed E-state index contributed by atoms with van der Waals surface area (Å²) in [5.41, 5.74) is 0. The van der Waals surface area contributed by atoms with E-state index in [1.54, 1.807) is 0 Å². The molecule has 0 aliphatic carbocycles. The Labute approximate surface area is 281 Å². The number of rotatable bonds is 34. The van der Waals surface area contributed by atoms with Crippen LogP contribution < -0.4 is 5.09 Å². The maximum Gasteiger partial charge on any atom is 0.405 e. The first-order valence-corrected chi connectivity index (χ1v) is 21.5. The summed E-state index contributed by atoms with van der Waals surface area (Å²) in [6.07, 6.45) is 30.6. The van der Waals surface area contributed by atoms with E-state index in [4.69, 9.17) is 13.8 Å². The molecule has 45 heavy (non-hydrogen) atoms. The predicted octanol–water partition coefficient (Wildman–Crippen LogP) is 11.7. The van der Waals surface area contributed by atoms with E-state index in [2.05, 4.69) is 37.7 Å². The van der Waals surface area contributed by atoms with E-state index < -0.39 is 7.75 Å². The van der Waals surface area contributed by atoms with Gasteiger partial charge in [0.15, 0.2) is 0 Å². The number of hydrogen-bond acceptors (Lipinski definition) is 5. The molecule has 6 nitrogen and oxygen atoms in total. The number of unbranched alkanes of at least 4 members (excludes halogenated alkanes) is 16. The van der Waals surface area contributed by atoms with E-state index in [9.17, 15) is 4.57 Å². The molecule has 7 heteroatoms. The first kappa shape index (κ1) is 43.1. The zero-order chi connectivity index (χ0) is 32.7. The highest BCUT2D eigenvalue weighted by Crippen LogP contribution is 2.45. The Morgan fingerprint density at radius 3 is 1.33 bits per heavy atom. The summed E-state index contributed by atoms with van der Waals surface area (Å²) in [6.45, 7) is 15.1. The highest BCUT2D eigenvalue weighted by molar-refractivity contribution is 7.51. The normalized spacial score (nSPS) is 17.0. The van der Waals surface area contributed by atoms with Crippen molar-refractivity contribution in [3.63, 3.8) is 0 Å². The molecule has 0 bridgehead atoms. The fourth-order valence-electron chi connectivity index (χ4n) is 6.47. The van der Waals surface area contributed by atoms with Crippen molar-refractivity contribution >= 4 is 7.75 Å². The van der Waals surface area contributed by atoms with E-state index in [-0.39, 0.29) is 0 Å². The molecule has 1 aliphatic heterocycles. The van der Waals surface area contributed by atoms with Crippen LogP contribution in [0.15, 0.2) is 0 Å². The topological polar surface area (TPSA) is 60.0 Å². The molecule has 270 valence electrons. The third-order valence-corrected chi connectivity index (χ3v) is 11.3. The second kappa shape index (κ2) is 31.3. The highest BCUT2D eigenvalue weighted by atomic mass is 31.2. The molecule has 0 aromatic carbocycles. The average Bonchev–Trinajstić information content (AvgIpc) is 3.05. The van der Waals surface area contributed by atoms with Crippen LogP contribution in [0, 0.1) is 11.8 Å². The molecule has 1 aliphatic rings. The molecule has 1 saturated heterocycles. The quantitative estimate of drug-likeness (QED) is 0.0548. The van der Waals surface area contributed by atoms with Gasteiger partial charge in [-0.05, 0) is 37.5 Å². The molecule has 2 unspecified atom stereocenters. The smallest absolute Gasteiger partial charge is 0.379 e. The van der Waals surface area contributed by atoms with Gasteiger partial charge in [0.1, 0.15) is 0 Å². The van der Waals surface area contributed by atoms with E-state index in [0.717, 1.165) is 32.8 Å². The molecule has 1 heterocycles. The molecule has 0 spiro atoms. The van der Waals surface area contributed by atoms with E-state index in [1.807, 2.05) is 0 Å². The van der Waals surface area contributed by atoms with E-state index >= 15 is 0 Å². The van der Waals surface area contributed by atoms with Crippen LogP contribution in [0.2, 0.25) is 0 Å². The Balaban J connectivity index is 2.79. The first-order valence-electron chi connectivity index (χ1n) is 20.0. The largest absolute Gasteiger partial charge is 0.405 e. The van der Waals surface area contributed by atoms with Crippen LogP contribution in [-0.2, 0) is 18.3 Å². The van der Waals surface area contributed by atoms with Crippen molar-refractivity contribution in [2.24, 2.45) is 11.8 Å². The Hall–Kier alpha value is 0.0300. The number of morpholine rings is 1. The van der Waals surface area contributed by atoms with Crippen molar-refractivity contribution < 1.29 is 18.3 Å². The van der Waals surface area contributed by atoms with Crippen molar-refractivity contribution in [3.05, 3.63) is 0 Å². The standard InChI is InChI=1S/C38H79N2O4P/c1-5-9-13-17-19-23-27-37(25-21-15-11-7-3)35-43-45(41,39-29-30-40-31-33-42-34-32-40)44-36-38(26-22-16-12-8-4)28-24-20-18-14-10-6-2/h37-38H,5-36H2,1-4H3,(H,39,41). The molecule has 0 saturated carbocycles. The Morgan fingerprint density at radius 1 is 0.578 bits per heavy atom. The van der Waals surface area contributed by atoms with Gasteiger partial charge in [-0.2, -0.15) is 0 Å². The summed E-state index contributed by atoms with van der Waals surface area (Å²) in [6, 6.07) is 0. The van der Waals surface area contributed by atoms with Gasteiger partial charge < -0.3 is 4.74 Å². The Kier molecular flexibility index (Phi) is 30.0. The number of hydrogen-bond donors (Lipinski definition) is 1. The van der Waals surface area contributed by atoms with Crippen LogP contribution in [0.5, 0.6) is 0 Å². The maximum atomic E-state index is 14.3. The lowest BCUT2D eigenvalue weighted by Gasteiger charge is -2.28. The van der Waals surface area contributed by atoms with Crippen LogP contribution in [0.1, 0.15) is 182 Å². The van der Waals surface area contributed by atoms with Crippen molar-refractivity contribution in [1.82, 2.24) is 9.99 Å². The summed E-state index contributed by atoms with van der Waals surface area (Å²) in [5.74, 6) is 0.915. The molecule has 0 amide bonds. The molecule has 0 aromatic rings. The lowest BCUT2D eigenvalue weighted by atomic mass is 9.95. The second-order valence-corrected chi connectivity index (χ2v) is 15.8. The Bertz CT molecular complexity index is 622. The van der Waals surface area contributed by atoms with Crippen molar-refractivity contribution in [2.75, 3.05) is 52.6 Å². The minimum atomic E-state index is -3.40. The molecule has 0 radical (unpaired) electrons. The van der Waals surface area contributed by atoms with Gasteiger partial charge in [0.05, 0.1) is 26.4 Å². The summed E-state index contributed by atoms with van der Waals surface area (Å²) in [5, 5.41) is 3.32. The third-order valence-electron chi connectivity index (χ3n) is 9.66. The van der Waals surface area contributed by atoms with Crippen LogP contribution in [-0.4, -0.2) is 57.5 Å². The monoisotopic (exact) mass is 659 g/mol. The third kappa shape index (κ3) is 25.7. The van der Waals surface area contributed by atoms with Gasteiger partial charge in [-0.3, -0.25) is 13.9 Å². The van der Waals surface area contributed by atoms with Gasteiger partial charge in [0, 0.05) is 26.2 Å². The summed E-state index contributed by atoms with van der Waals surface area (Å²) >= 11 is 0. The molecular formula is C38H79N2O4P. The lowest BCUT2D eigenvalue weighted by Crippen LogP contribution is -2.40. The molecule has 1 fully saturated rings. The predicted molar refractivity (Wildman–Crippen MR) is 195 cm³/mol. The minimum Gasteiger partial charge on any atom is -0.379 e. The zero-order valence-electron chi connectivity index (χ0n) is 30.8. The molecule has 1 N–H and O–H groups in total. The van der Waals surface area contributed by atoms with Crippen LogP contribution in [0.3, 0.4) is 0 Å². The fourth-order valence-corrected chi connectivity index (χ4v) is 7.92. The zero-order valence-corrected chi connectivity index (χ0v) is 31.7. The van der Waals surface area contributed by atoms with E-state index in [0.29, 0.717) is 31.6 Å². The minimum absolute atomic E-state index is 0.457.